The molecule has 0 aliphatic heterocycles. The van der Waals surface area contributed by atoms with E-state index in [1.807, 2.05) is 22.7 Å². The molecule has 0 radical (unpaired) electrons. The van der Waals surface area contributed by atoms with Gasteiger partial charge in [0.1, 0.15) is 0 Å². The molecule has 4 aliphatic rings. The van der Waals surface area contributed by atoms with Gasteiger partial charge >= 0.3 is 0 Å². The number of aryl methyl sites for hydroxylation is 2. The van der Waals surface area contributed by atoms with Crippen molar-refractivity contribution in [2.75, 3.05) is 11.5 Å². The molecule has 6 rings (SSSR count). The van der Waals surface area contributed by atoms with Gasteiger partial charge in [0.15, 0.2) is 0 Å². The van der Waals surface area contributed by atoms with Crippen molar-refractivity contribution < 1.29 is 0 Å². The van der Waals surface area contributed by atoms with Crippen molar-refractivity contribution >= 4 is 47.9 Å². The van der Waals surface area contributed by atoms with Crippen molar-refractivity contribution in [2.24, 2.45) is 23.7 Å². The van der Waals surface area contributed by atoms with Crippen molar-refractivity contribution in [3.05, 3.63) is 43.8 Å². The van der Waals surface area contributed by atoms with Gasteiger partial charge in [-0.05, 0) is 114 Å². The number of thiophene rings is 2. The Bertz CT molecular complexity index is 696. The molecule has 2 aromatic rings. The molecule has 140 valence electrons. The topological polar surface area (TPSA) is 0 Å². The first-order valence-electron chi connectivity index (χ1n) is 10.1. The molecule has 0 aromatic carbocycles. The van der Waals surface area contributed by atoms with Crippen molar-refractivity contribution in [3.8, 4) is 0 Å². The Labute approximate surface area is 176 Å². The molecule has 4 bridgehead atoms. The van der Waals surface area contributed by atoms with Crippen LogP contribution in [0, 0.1) is 23.7 Å². The lowest BCUT2D eigenvalue weighted by atomic mass is 9.44. The third kappa shape index (κ3) is 2.62. The molecule has 0 saturated heterocycles. The largest absolute Gasteiger partial charge is 0.179 e. The Kier molecular flexibility index (Phi) is 5.00. The van der Waals surface area contributed by atoms with Gasteiger partial charge in [-0.1, -0.05) is 0 Å². The summed E-state index contributed by atoms with van der Waals surface area (Å²) in [5.74, 6) is 5.63. The van der Waals surface area contributed by atoms with E-state index < -0.39 is 0 Å². The first kappa shape index (κ1) is 18.1. The highest BCUT2D eigenvalue weighted by atomic mass is 32.1. The van der Waals surface area contributed by atoms with Crippen LogP contribution < -0.4 is 0 Å². The summed E-state index contributed by atoms with van der Waals surface area (Å²) in [7, 11) is 0. The molecule has 0 amide bonds. The van der Waals surface area contributed by atoms with Crippen molar-refractivity contribution in [1.29, 1.82) is 0 Å². The fraction of sp³-hybridized carbons (Fsp3) is 0.636. The quantitative estimate of drug-likeness (QED) is 0.490. The van der Waals surface area contributed by atoms with Crippen LogP contribution in [-0.2, 0) is 18.3 Å². The fourth-order valence-corrected chi connectivity index (χ4v) is 9.99. The molecule has 26 heavy (non-hydrogen) atoms. The molecular weight excluding hydrogens is 393 g/mol. The third-order valence-electron chi connectivity index (χ3n) is 7.43. The Morgan fingerprint density at radius 1 is 0.769 bits per heavy atom. The van der Waals surface area contributed by atoms with Gasteiger partial charge in [-0.15, -0.1) is 22.7 Å². The third-order valence-corrected chi connectivity index (χ3v) is 10.1. The number of hydrogen-bond acceptors (Lipinski definition) is 4. The maximum absolute atomic E-state index is 4.57. The summed E-state index contributed by atoms with van der Waals surface area (Å²) in [6, 6.07) is 4.80. The summed E-state index contributed by atoms with van der Waals surface area (Å²) in [6.07, 6.45) is 9.59. The van der Waals surface area contributed by atoms with E-state index >= 15 is 0 Å². The Hall–Kier alpha value is 0.1000. The summed E-state index contributed by atoms with van der Waals surface area (Å²) in [5, 5.41) is 4.71. The van der Waals surface area contributed by atoms with E-state index in [0.717, 1.165) is 48.0 Å². The number of thiol groups is 2. The van der Waals surface area contributed by atoms with E-state index in [0.29, 0.717) is 5.41 Å². The highest BCUT2D eigenvalue weighted by Crippen LogP contribution is 2.67. The predicted octanol–water partition coefficient (Wildman–Crippen LogP) is 6.50. The molecule has 4 heteroatoms. The minimum atomic E-state index is 0.298. The fourth-order valence-electron chi connectivity index (χ4n) is 6.80. The van der Waals surface area contributed by atoms with E-state index in [2.05, 4.69) is 48.2 Å². The van der Waals surface area contributed by atoms with Crippen LogP contribution in [-0.4, -0.2) is 11.5 Å². The van der Waals surface area contributed by atoms with Crippen LogP contribution in [0.15, 0.2) is 22.9 Å². The first-order valence-corrected chi connectivity index (χ1v) is 13.1. The summed E-state index contributed by atoms with van der Waals surface area (Å²) in [4.78, 5) is 3.42. The van der Waals surface area contributed by atoms with Gasteiger partial charge in [0.2, 0.25) is 0 Å². The van der Waals surface area contributed by atoms with E-state index in [-0.39, 0.29) is 0 Å². The van der Waals surface area contributed by atoms with E-state index in [4.69, 9.17) is 0 Å². The lowest BCUT2D eigenvalue weighted by molar-refractivity contribution is -0.0393. The van der Waals surface area contributed by atoms with Gasteiger partial charge in [0.05, 0.1) is 0 Å². The van der Waals surface area contributed by atoms with Crippen LogP contribution in [0.5, 0.6) is 0 Å². The molecule has 0 spiro atoms. The zero-order valence-corrected chi connectivity index (χ0v) is 18.6. The van der Waals surface area contributed by atoms with Crippen LogP contribution in [0.4, 0.5) is 0 Å². The van der Waals surface area contributed by atoms with Crippen LogP contribution in [0.25, 0.3) is 0 Å². The minimum absolute atomic E-state index is 0.298. The maximum Gasteiger partial charge on any atom is 0.0452 e. The Morgan fingerprint density at radius 2 is 1.23 bits per heavy atom. The first-order chi connectivity index (χ1) is 12.8. The van der Waals surface area contributed by atoms with E-state index in [9.17, 15) is 0 Å². The van der Waals surface area contributed by atoms with Gasteiger partial charge in [-0.25, -0.2) is 0 Å². The minimum Gasteiger partial charge on any atom is -0.179 e. The molecule has 0 atom stereocenters. The lowest BCUT2D eigenvalue weighted by Crippen LogP contribution is -2.56. The highest BCUT2D eigenvalue weighted by molar-refractivity contribution is 7.80. The van der Waals surface area contributed by atoms with Crippen LogP contribution >= 0.6 is 47.9 Å². The summed E-state index contributed by atoms with van der Waals surface area (Å²) < 4.78 is 0. The number of rotatable bonds is 6. The molecule has 4 fully saturated rings. The Balaban J connectivity index is 1.71. The highest BCUT2D eigenvalue weighted by Gasteiger charge is 2.60. The second-order valence-electron chi connectivity index (χ2n) is 8.67. The Morgan fingerprint density at radius 3 is 1.65 bits per heavy atom. The van der Waals surface area contributed by atoms with Gasteiger partial charge in [0.25, 0.3) is 0 Å². The summed E-state index contributed by atoms with van der Waals surface area (Å²) >= 11 is 13.2. The van der Waals surface area contributed by atoms with Crippen LogP contribution in [0.1, 0.15) is 53.0 Å². The number of hydrogen-bond donors (Lipinski definition) is 2. The standard InChI is InChI=1S/C22H28S4/c23-5-1-16-3-7-25-20(16)22(21-17(2-6-24)4-8-26-21)18-10-14-9-15(12-18)13-19(22)11-14/h3-4,7-8,14-15,18-19,23-24H,1-2,5-6,9-13H2. The predicted molar refractivity (Wildman–Crippen MR) is 122 cm³/mol. The second kappa shape index (κ2) is 7.17. The molecule has 2 heterocycles. The smallest absolute Gasteiger partial charge is 0.0452 e. The molecule has 4 aliphatic carbocycles. The normalized spacial score (nSPS) is 31.6. The summed E-state index contributed by atoms with van der Waals surface area (Å²) in [6.45, 7) is 0. The van der Waals surface area contributed by atoms with Gasteiger partial charge in [0, 0.05) is 15.2 Å². The van der Waals surface area contributed by atoms with Gasteiger partial charge in [-0.3, -0.25) is 0 Å². The van der Waals surface area contributed by atoms with Crippen molar-refractivity contribution in [2.45, 2.75) is 50.4 Å². The molecule has 0 unspecified atom stereocenters. The molecule has 0 N–H and O–H groups in total. The lowest BCUT2D eigenvalue weighted by Gasteiger charge is -2.61. The van der Waals surface area contributed by atoms with Crippen LogP contribution in [0.3, 0.4) is 0 Å². The van der Waals surface area contributed by atoms with Gasteiger partial charge in [-0.2, -0.15) is 25.3 Å². The zero-order valence-electron chi connectivity index (χ0n) is 15.2. The SMILES string of the molecule is SCCc1ccsc1C1(c2sccc2CCS)C2CC3CC(C2)CC1C3. The molecule has 2 aromatic heterocycles. The maximum atomic E-state index is 4.57. The van der Waals surface area contributed by atoms with E-state index in [1.54, 1.807) is 20.9 Å². The van der Waals surface area contributed by atoms with Crippen molar-refractivity contribution in [1.82, 2.24) is 0 Å². The molecular formula is C22H28S4. The van der Waals surface area contributed by atoms with Crippen molar-refractivity contribution in [3.63, 3.8) is 0 Å². The molecule has 0 nitrogen and oxygen atoms in total. The average molecular weight is 421 g/mol. The monoisotopic (exact) mass is 420 g/mol. The average Bonchev–Trinajstić information content (AvgIpc) is 3.26. The second-order valence-corrected chi connectivity index (χ2v) is 11.4. The summed E-state index contributed by atoms with van der Waals surface area (Å²) in [5.41, 5.74) is 3.47. The molecule has 4 saturated carbocycles. The van der Waals surface area contributed by atoms with Gasteiger partial charge < -0.3 is 0 Å². The van der Waals surface area contributed by atoms with Crippen LogP contribution in [0.2, 0.25) is 0 Å². The van der Waals surface area contributed by atoms with E-state index in [1.165, 1.54) is 32.1 Å². The zero-order chi connectivity index (χ0) is 17.7.